The van der Waals surface area contributed by atoms with Gasteiger partial charge in [0.1, 0.15) is 6.26 Å². The van der Waals surface area contributed by atoms with E-state index in [1.807, 2.05) is 0 Å². The van der Waals surface area contributed by atoms with E-state index in [4.69, 9.17) is 4.42 Å². The Kier molecular flexibility index (Phi) is 2.12. The lowest BCUT2D eigenvalue weighted by molar-refractivity contribution is 0.568. The number of aromatic nitrogens is 2. The third kappa shape index (κ3) is 1.68. The van der Waals surface area contributed by atoms with Crippen molar-refractivity contribution in [1.82, 2.24) is 9.36 Å². The van der Waals surface area contributed by atoms with Crippen molar-refractivity contribution in [2.45, 2.75) is 4.34 Å². The van der Waals surface area contributed by atoms with Crippen LogP contribution in [0.1, 0.15) is 0 Å². The predicted molar refractivity (Wildman–Crippen MR) is 50.7 cm³/mol. The van der Waals surface area contributed by atoms with Gasteiger partial charge < -0.3 is 4.42 Å². The fourth-order valence-electron chi connectivity index (χ4n) is 0.869. The van der Waals surface area contributed by atoms with Gasteiger partial charge in [-0.25, -0.2) is 13.4 Å². The molecule has 0 aromatic carbocycles. The highest BCUT2D eigenvalue weighted by Crippen LogP contribution is 2.20. The molecule has 0 bridgehead atoms. The van der Waals surface area contributed by atoms with Crippen LogP contribution in [-0.2, 0) is 9.84 Å². The summed E-state index contributed by atoms with van der Waals surface area (Å²) in [4.78, 5) is 3.88. The largest absolute Gasteiger partial charge is 0.472 e. The highest BCUT2D eigenvalue weighted by Gasteiger charge is 2.15. The zero-order valence-electron chi connectivity index (χ0n) is 7.17. The van der Waals surface area contributed by atoms with Crippen molar-refractivity contribution in [2.75, 3.05) is 6.26 Å². The number of rotatable bonds is 2. The van der Waals surface area contributed by atoms with Crippen molar-refractivity contribution in [1.29, 1.82) is 0 Å². The lowest BCUT2D eigenvalue weighted by Crippen LogP contribution is -1.95. The first-order chi connectivity index (χ1) is 6.57. The van der Waals surface area contributed by atoms with E-state index in [-0.39, 0.29) is 4.34 Å². The Morgan fingerprint density at radius 1 is 1.50 bits per heavy atom. The van der Waals surface area contributed by atoms with E-state index in [9.17, 15) is 8.42 Å². The van der Waals surface area contributed by atoms with Gasteiger partial charge in [-0.05, 0) is 17.6 Å². The van der Waals surface area contributed by atoms with Crippen molar-refractivity contribution in [3.63, 3.8) is 0 Å². The molecule has 0 saturated heterocycles. The Morgan fingerprint density at radius 3 is 2.79 bits per heavy atom. The lowest BCUT2D eigenvalue weighted by Gasteiger charge is -1.86. The Bertz CT molecular complexity index is 527. The zero-order chi connectivity index (χ0) is 10.2. The molecule has 2 heterocycles. The monoisotopic (exact) mass is 230 g/mol. The summed E-state index contributed by atoms with van der Waals surface area (Å²) >= 11 is 0.864. The van der Waals surface area contributed by atoms with Crippen LogP contribution in [0, 0.1) is 0 Å². The number of hydrogen-bond acceptors (Lipinski definition) is 6. The average molecular weight is 230 g/mol. The van der Waals surface area contributed by atoms with Crippen molar-refractivity contribution < 1.29 is 12.8 Å². The first-order valence-electron chi connectivity index (χ1n) is 3.64. The third-order valence-electron chi connectivity index (χ3n) is 1.50. The standard InChI is InChI=1S/C7H6N2O3S2/c1-14(10,11)7-8-6(9-13-7)5-2-3-12-4-5/h2-4H,1H3. The minimum Gasteiger partial charge on any atom is -0.472 e. The fourth-order valence-corrected chi connectivity index (χ4v) is 2.21. The Hall–Kier alpha value is -1.21. The number of sulfone groups is 1. The summed E-state index contributed by atoms with van der Waals surface area (Å²) < 4.78 is 31.0. The normalized spacial score (nSPS) is 11.8. The van der Waals surface area contributed by atoms with Crippen LogP contribution in [0.25, 0.3) is 11.4 Å². The van der Waals surface area contributed by atoms with E-state index >= 15 is 0 Å². The van der Waals surface area contributed by atoms with Gasteiger partial charge in [0.15, 0.2) is 5.82 Å². The minimum atomic E-state index is -3.26. The van der Waals surface area contributed by atoms with E-state index < -0.39 is 9.84 Å². The van der Waals surface area contributed by atoms with E-state index in [2.05, 4.69) is 9.36 Å². The summed E-state index contributed by atoms with van der Waals surface area (Å²) in [5.74, 6) is 0.379. The topological polar surface area (TPSA) is 73.1 Å². The molecule has 74 valence electrons. The van der Waals surface area contributed by atoms with Crippen LogP contribution < -0.4 is 0 Å². The van der Waals surface area contributed by atoms with Gasteiger partial charge in [-0.1, -0.05) is 0 Å². The van der Waals surface area contributed by atoms with E-state index in [1.165, 1.54) is 12.5 Å². The summed E-state index contributed by atoms with van der Waals surface area (Å²) in [6.45, 7) is 0. The van der Waals surface area contributed by atoms with Crippen LogP contribution in [0.4, 0.5) is 0 Å². The zero-order valence-corrected chi connectivity index (χ0v) is 8.80. The second kappa shape index (κ2) is 3.18. The van der Waals surface area contributed by atoms with Crippen LogP contribution >= 0.6 is 11.5 Å². The smallest absolute Gasteiger partial charge is 0.228 e. The quantitative estimate of drug-likeness (QED) is 0.775. The molecule has 0 amide bonds. The van der Waals surface area contributed by atoms with Crippen molar-refractivity contribution in [2.24, 2.45) is 0 Å². The number of furan rings is 1. The third-order valence-corrected chi connectivity index (χ3v) is 3.87. The number of hydrogen-bond donors (Lipinski definition) is 0. The van der Waals surface area contributed by atoms with Crippen LogP contribution in [-0.4, -0.2) is 24.0 Å². The Labute approximate surface area is 84.5 Å². The van der Waals surface area contributed by atoms with Crippen LogP contribution in [0.15, 0.2) is 27.3 Å². The molecule has 7 heteroatoms. The molecule has 0 aliphatic carbocycles. The molecular formula is C7H6N2O3S2. The molecule has 0 fully saturated rings. The molecule has 2 aromatic heterocycles. The molecule has 0 radical (unpaired) electrons. The predicted octanol–water partition coefficient (Wildman–Crippen LogP) is 1.20. The molecule has 0 aliphatic rings. The highest BCUT2D eigenvalue weighted by atomic mass is 32.2. The lowest BCUT2D eigenvalue weighted by atomic mass is 10.3. The van der Waals surface area contributed by atoms with Gasteiger partial charge >= 0.3 is 0 Å². The van der Waals surface area contributed by atoms with E-state index in [0.29, 0.717) is 11.4 Å². The van der Waals surface area contributed by atoms with Gasteiger partial charge in [0, 0.05) is 6.26 Å². The molecule has 0 N–H and O–H groups in total. The van der Waals surface area contributed by atoms with Crippen molar-refractivity contribution >= 4 is 21.4 Å². The van der Waals surface area contributed by atoms with Gasteiger partial charge in [0.25, 0.3) is 0 Å². The van der Waals surface area contributed by atoms with Gasteiger partial charge in [0.2, 0.25) is 14.2 Å². The SMILES string of the molecule is CS(=O)(=O)c1nc(-c2ccoc2)ns1. The second-order valence-electron chi connectivity index (χ2n) is 2.67. The average Bonchev–Trinajstić information content (AvgIpc) is 2.73. The van der Waals surface area contributed by atoms with Gasteiger partial charge in [0.05, 0.1) is 11.8 Å². The molecule has 14 heavy (non-hydrogen) atoms. The Morgan fingerprint density at radius 2 is 2.29 bits per heavy atom. The highest BCUT2D eigenvalue weighted by molar-refractivity contribution is 7.92. The number of nitrogens with zero attached hydrogens (tertiary/aromatic N) is 2. The summed E-state index contributed by atoms with van der Waals surface area (Å²) in [6.07, 6.45) is 4.05. The fraction of sp³-hybridized carbons (Fsp3) is 0.143. The summed E-state index contributed by atoms with van der Waals surface area (Å²) in [5, 5.41) is 0. The van der Waals surface area contributed by atoms with Crippen LogP contribution in [0.2, 0.25) is 0 Å². The first-order valence-corrected chi connectivity index (χ1v) is 6.30. The molecule has 5 nitrogen and oxygen atoms in total. The van der Waals surface area contributed by atoms with Gasteiger partial charge in [-0.3, -0.25) is 0 Å². The van der Waals surface area contributed by atoms with Gasteiger partial charge in [-0.15, -0.1) is 0 Å². The molecule has 2 aromatic rings. The van der Waals surface area contributed by atoms with Gasteiger partial charge in [-0.2, -0.15) is 4.37 Å². The minimum absolute atomic E-state index is 0.0219. The maximum Gasteiger partial charge on any atom is 0.228 e. The first kappa shape index (κ1) is 9.35. The molecule has 0 spiro atoms. The second-order valence-corrected chi connectivity index (χ2v) is 5.61. The van der Waals surface area contributed by atoms with E-state index in [0.717, 1.165) is 17.8 Å². The van der Waals surface area contributed by atoms with Crippen LogP contribution in [0.3, 0.4) is 0 Å². The molecule has 0 saturated carbocycles. The molecule has 0 atom stereocenters. The summed E-state index contributed by atoms with van der Waals surface area (Å²) in [5.41, 5.74) is 0.677. The maximum absolute atomic E-state index is 11.1. The van der Waals surface area contributed by atoms with Crippen molar-refractivity contribution in [3.8, 4) is 11.4 Å². The molecule has 0 aliphatic heterocycles. The maximum atomic E-state index is 11.1. The summed E-state index contributed by atoms with van der Waals surface area (Å²) in [6, 6.07) is 1.67. The molecule has 2 rings (SSSR count). The Balaban J connectivity index is 2.46. The van der Waals surface area contributed by atoms with Crippen molar-refractivity contribution in [3.05, 3.63) is 18.6 Å². The van der Waals surface area contributed by atoms with E-state index in [1.54, 1.807) is 6.07 Å². The molecule has 0 unspecified atom stereocenters. The summed E-state index contributed by atoms with van der Waals surface area (Å²) in [7, 11) is -3.26. The molecular weight excluding hydrogens is 224 g/mol. The van der Waals surface area contributed by atoms with Crippen LogP contribution in [0.5, 0.6) is 0 Å².